The first kappa shape index (κ1) is 16.4. The van der Waals surface area contributed by atoms with Crippen molar-refractivity contribution in [2.75, 3.05) is 11.9 Å². The summed E-state index contributed by atoms with van der Waals surface area (Å²) in [6.07, 6.45) is 3.56. The van der Waals surface area contributed by atoms with Crippen molar-refractivity contribution in [2.45, 2.75) is 16.2 Å². The molecule has 7 heteroatoms. The number of carbonyl (C=O) groups excluding carboxylic acids is 2. The van der Waals surface area contributed by atoms with E-state index in [0.717, 1.165) is 9.79 Å². The van der Waals surface area contributed by atoms with Gasteiger partial charge in [0.15, 0.2) is 6.39 Å². The number of anilines is 1. The highest BCUT2D eigenvalue weighted by Gasteiger charge is 2.20. The first-order chi connectivity index (χ1) is 12.7. The zero-order valence-electron chi connectivity index (χ0n) is 13.7. The van der Waals surface area contributed by atoms with E-state index in [2.05, 4.69) is 15.6 Å². The van der Waals surface area contributed by atoms with Crippen LogP contribution >= 0.6 is 11.8 Å². The van der Waals surface area contributed by atoms with Crippen molar-refractivity contribution in [3.8, 4) is 0 Å². The largest absolute Gasteiger partial charge is 0.448 e. The predicted octanol–water partition coefficient (Wildman–Crippen LogP) is 3.36. The lowest BCUT2D eigenvalue weighted by atomic mass is 10.1. The molecule has 0 saturated heterocycles. The summed E-state index contributed by atoms with van der Waals surface area (Å²) in [7, 11) is 0. The minimum atomic E-state index is -0.201. The van der Waals surface area contributed by atoms with Gasteiger partial charge < -0.3 is 15.1 Å². The molecule has 2 heterocycles. The number of aromatic nitrogens is 1. The number of carbonyl (C=O) groups is 2. The predicted molar refractivity (Wildman–Crippen MR) is 97.5 cm³/mol. The molecule has 1 aromatic heterocycles. The maximum atomic E-state index is 12.4. The Hall–Kier alpha value is -3.06. The molecule has 0 bridgehead atoms. The number of oxazole rings is 1. The molecule has 2 aromatic carbocycles. The molecule has 0 radical (unpaired) electrons. The first-order valence-electron chi connectivity index (χ1n) is 8.08. The molecule has 0 fully saturated rings. The second-order valence-electron chi connectivity index (χ2n) is 5.74. The van der Waals surface area contributed by atoms with Crippen molar-refractivity contribution in [1.82, 2.24) is 10.3 Å². The molecule has 0 aliphatic carbocycles. The van der Waals surface area contributed by atoms with E-state index in [-0.39, 0.29) is 11.8 Å². The molecule has 0 spiro atoms. The summed E-state index contributed by atoms with van der Waals surface area (Å²) in [6.45, 7) is 0.442. The average Bonchev–Trinajstić information content (AvgIpc) is 3.12. The molecule has 0 saturated carbocycles. The average molecular weight is 365 g/mol. The van der Waals surface area contributed by atoms with Crippen molar-refractivity contribution in [1.29, 1.82) is 0 Å². The normalized spacial score (nSPS) is 12.5. The van der Waals surface area contributed by atoms with Crippen molar-refractivity contribution < 1.29 is 14.0 Å². The Morgan fingerprint density at radius 2 is 2.08 bits per heavy atom. The molecular weight excluding hydrogens is 350 g/mol. The third-order valence-electron chi connectivity index (χ3n) is 3.98. The molecular formula is C19H15N3O3S. The number of fused-ring (bicyclic) bond motifs is 2. The van der Waals surface area contributed by atoms with Gasteiger partial charge in [0.05, 0.1) is 17.4 Å². The summed E-state index contributed by atoms with van der Waals surface area (Å²) >= 11 is 1.51. The summed E-state index contributed by atoms with van der Waals surface area (Å²) in [5, 5.41) is 5.73. The van der Waals surface area contributed by atoms with Crippen LogP contribution in [0.5, 0.6) is 0 Å². The fraction of sp³-hybridized carbons (Fsp3) is 0.105. The van der Waals surface area contributed by atoms with Crippen molar-refractivity contribution >= 4 is 29.3 Å². The van der Waals surface area contributed by atoms with Crippen LogP contribution in [-0.4, -0.2) is 23.3 Å². The fourth-order valence-electron chi connectivity index (χ4n) is 2.68. The molecule has 130 valence electrons. The lowest BCUT2D eigenvalue weighted by Crippen LogP contribution is -2.25. The Kier molecular flexibility index (Phi) is 4.45. The summed E-state index contributed by atoms with van der Waals surface area (Å²) in [5.41, 5.74) is 1.76. The summed E-state index contributed by atoms with van der Waals surface area (Å²) in [5.74, 6) is 0.344. The van der Waals surface area contributed by atoms with Gasteiger partial charge in [0, 0.05) is 28.3 Å². The van der Waals surface area contributed by atoms with Crippen LogP contribution in [0.15, 0.2) is 69.3 Å². The third kappa shape index (κ3) is 3.34. The molecule has 6 nitrogen and oxygen atoms in total. The second kappa shape index (κ2) is 7.05. The van der Waals surface area contributed by atoms with Gasteiger partial charge in [-0.3, -0.25) is 9.59 Å². The topological polar surface area (TPSA) is 84.2 Å². The molecule has 2 amide bonds. The molecule has 3 aromatic rings. The van der Waals surface area contributed by atoms with Crippen LogP contribution in [0.1, 0.15) is 26.5 Å². The smallest absolute Gasteiger partial charge is 0.256 e. The number of nitrogens with one attached hydrogen (secondary N) is 2. The zero-order valence-corrected chi connectivity index (χ0v) is 14.5. The van der Waals surface area contributed by atoms with E-state index >= 15 is 0 Å². The number of rotatable bonds is 4. The fourth-order valence-corrected chi connectivity index (χ4v) is 3.69. The van der Waals surface area contributed by atoms with Gasteiger partial charge in [0.1, 0.15) is 5.76 Å². The van der Waals surface area contributed by atoms with E-state index in [9.17, 15) is 9.59 Å². The SMILES string of the molecule is O=C(NCCc1cnco1)c1ccc2c(c1)NC(=O)c1ccccc1S2. The highest BCUT2D eigenvalue weighted by molar-refractivity contribution is 7.99. The van der Waals surface area contributed by atoms with Crippen LogP contribution in [0.3, 0.4) is 0 Å². The molecule has 1 aliphatic heterocycles. The van der Waals surface area contributed by atoms with Crippen LogP contribution in [0.25, 0.3) is 0 Å². The van der Waals surface area contributed by atoms with Gasteiger partial charge in [-0.25, -0.2) is 4.98 Å². The van der Waals surface area contributed by atoms with E-state index in [1.807, 2.05) is 24.3 Å². The highest BCUT2D eigenvalue weighted by atomic mass is 32.2. The molecule has 26 heavy (non-hydrogen) atoms. The Morgan fingerprint density at radius 3 is 2.92 bits per heavy atom. The van der Waals surface area contributed by atoms with Crippen molar-refractivity contribution in [3.63, 3.8) is 0 Å². The Bertz CT molecular complexity index is 970. The molecule has 0 unspecified atom stereocenters. The highest BCUT2D eigenvalue weighted by Crippen LogP contribution is 2.38. The van der Waals surface area contributed by atoms with Crippen LogP contribution in [0.2, 0.25) is 0 Å². The van der Waals surface area contributed by atoms with Crippen LogP contribution in [-0.2, 0) is 6.42 Å². The summed E-state index contributed by atoms with van der Waals surface area (Å²) < 4.78 is 5.14. The molecule has 1 aliphatic rings. The van der Waals surface area contributed by atoms with Crippen LogP contribution in [0.4, 0.5) is 5.69 Å². The number of benzene rings is 2. The standard InChI is InChI=1S/C19H15N3O3S/c23-18(21-8-7-13-10-20-11-25-13)12-5-6-17-15(9-12)22-19(24)14-3-1-2-4-16(14)26-17/h1-6,9-11H,7-8H2,(H,21,23)(H,22,24). The number of hydrogen-bond donors (Lipinski definition) is 2. The van der Waals surface area contributed by atoms with Crippen LogP contribution in [0, 0.1) is 0 Å². The number of amides is 2. The maximum absolute atomic E-state index is 12.4. The van der Waals surface area contributed by atoms with E-state index in [4.69, 9.17) is 4.42 Å². The first-order valence-corrected chi connectivity index (χ1v) is 8.90. The van der Waals surface area contributed by atoms with E-state index in [0.29, 0.717) is 35.5 Å². The van der Waals surface area contributed by atoms with Crippen molar-refractivity contribution in [2.24, 2.45) is 0 Å². The molecule has 0 atom stereocenters. The van der Waals surface area contributed by atoms with Gasteiger partial charge in [0.2, 0.25) is 0 Å². The quantitative estimate of drug-likeness (QED) is 0.741. The van der Waals surface area contributed by atoms with Gasteiger partial charge in [-0.15, -0.1) is 0 Å². The number of nitrogens with zero attached hydrogens (tertiary/aromatic N) is 1. The second-order valence-corrected chi connectivity index (χ2v) is 6.82. The Morgan fingerprint density at radius 1 is 1.19 bits per heavy atom. The molecule has 4 rings (SSSR count). The lowest BCUT2D eigenvalue weighted by molar-refractivity contribution is 0.0952. The van der Waals surface area contributed by atoms with Gasteiger partial charge in [-0.05, 0) is 30.3 Å². The lowest BCUT2D eigenvalue weighted by Gasteiger charge is -2.09. The van der Waals surface area contributed by atoms with Crippen molar-refractivity contribution in [3.05, 3.63) is 71.9 Å². The summed E-state index contributed by atoms with van der Waals surface area (Å²) in [6, 6.07) is 12.8. The van der Waals surface area contributed by atoms with E-state index in [1.165, 1.54) is 18.2 Å². The summed E-state index contributed by atoms with van der Waals surface area (Å²) in [4.78, 5) is 30.4. The van der Waals surface area contributed by atoms with E-state index < -0.39 is 0 Å². The van der Waals surface area contributed by atoms with E-state index in [1.54, 1.807) is 24.4 Å². The monoisotopic (exact) mass is 365 g/mol. The number of hydrogen-bond acceptors (Lipinski definition) is 5. The van der Waals surface area contributed by atoms with Gasteiger partial charge in [0.25, 0.3) is 11.8 Å². The minimum Gasteiger partial charge on any atom is -0.448 e. The molecule has 2 N–H and O–H groups in total. The van der Waals surface area contributed by atoms with Gasteiger partial charge in [-0.1, -0.05) is 23.9 Å². The van der Waals surface area contributed by atoms with Gasteiger partial charge >= 0.3 is 0 Å². The zero-order chi connectivity index (χ0) is 17.9. The maximum Gasteiger partial charge on any atom is 0.256 e. The third-order valence-corrected chi connectivity index (χ3v) is 5.13. The van der Waals surface area contributed by atoms with Crippen LogP contribution < -0.4 is 10.6 Å². The Balaban J connectivity index is 1.49. The Labute approximate surface area is 154 Å². The minimum absolute atomic E-state index is 0.172. The van der Waals surface area contributed by atoms with Gasteiger partial charge in [-0.2, -0.15) is 0 Å².